The van der Waals surface area contributed by atoms with Gasteiger partial charge in [-0.15, -0.1) is 0 Å². The number of sulfonamides is 1. The first-order valence-corrected chi connectivity index (χ1v) is 7.25. The van der Waals surface area contributed by atoms with Crippen molar-refractivity contribution in [1.29, 1.82) is 0 Å². The first-order valence-electron chi connectivity index (χ1n) is 5.36. The molecular formula is C10H18N2O3S. The second kappa shape index (κ2) is 6.00. The molecule has 1 aliphatic rings. The molecule has 0 aromatic heterocycles. The Balaban J connectivity index is 2.18. The minimum absolute atomic E-state index is 0.0136. The summed E-state index contributed by atoms with van der Waals surface area (Å²) in [7, 11) is -3.16. The third kappa shape index (κ3) is 5.27. The van der Waals surface area contributed by atoms with Gasteiger partial charge in [-0.3, -0.25) is 4.79 Å². The predicted octanol–water partition coefficient (Wildman–Crippen LogP) is 0.00810. The van der Waals surface area contributed by atoms with Gasteiger partial charge in [-0.05, 0) is 19.3 Å². The zero-order valence-electron chi connectivity index (χ0n) is 9.40. The highest BCUT2D eigenvalue weighted by Gasteiger charge is 2.17. The van der Waals surface area contributed by atoms with Crippen LogP contribution in [0.4, 0.5) is 0 Å². The molecule has 0 heterocycles. The second-order valence-corrected chi connectivity index (χ2v) is 5.77. The number of carbonyl (C=O) groups is 1. The minimum Gasteiger partial charge on any atom is -0.355 e. The van der Waals surface area contributed by atoms with Crippen molar-refractivity contribution >= 4 is 15.9 Å². The van der Waals surface area contributed by atoms with Crippen LogP contribution in [0.3, 0.4) is 0 Å². The summed E-state index contributed by atoms with van der Waals surface area (Å²) in [5.41, 5.74) is 0. The van der Waals surface area contributed by atoms with Gasteiger partial charge in [-0.2, -0.15) is 0 Å². The zero-order chi connectivity index (χ0) is 12.0. The first-order chi connectivity index (χ1) is 7.49. The van der Waals surface area contributed by atoms with Crippen molar-refractivity contribution in [2.75, 3.05) is 19.3 Å². The maximum Gasteiger partial charge on any atom is 0.223 e. The van der Waals surface area contributed by atoms with Crippen LogP contribution in [0.1, 0.15) is 19.3 Å². The maximum atomic E-state index is 11.6. The molecule has 0 spiro atoms. The number of hydrogen-bond acceptors (Lipinski definition) is 3. The van der Waals surface area contributed by atoms with Crippen LogP contribution in [-0.2, 0) is 14.8 Å². The van der Waals surface area contributed by atoms with E-state index in [1.54, 1.807) is 0 Å². The van der Waals surface area contributed by atoms with E-state index in [4.69, 9.17) is 0 Å². The molecule has 0 bridgehead atoms. The van der Waals surface area contributed by atoms with Crippen LogP contribution >= 0.6 is 0 Å². The monoisotopic (exact) mass is 246 g/mol. The van der Waals surface area contributed by atoms with Crippen molar-refractivity contribution in [1.82, 2.24) is 10.0 Å². The summed E-state index contributed by atoms with van der Waals surface area (Å²) >= 11 is 0. The molecule has 0 radical (unpaired) electrons. The van der Waals surface area contributed by atoms with Gasteiger partial charge >= 0.3 is 0 Å². The topological polar surface area (TPSA) is 75.3 Å². The number of nitrogens with one attached hydrogen (secondary N) is 2. The van der Waals surface area contributed by atoms with Gasteiger partial charge in [-0.25, -0.2) is 13.1 Å². The van der Waals surface area contributed by atoms with Crippen LogP contribution in [0.5, 0.6) is 0 Å². The van der Waals surface area contributed by atoms with Gasteiger partial charge in [-0.1, -0.05) is 12.2 Å². The van der Waals surface area contributed by atoms with Crippen LogP contribution in [-0.4, -0.2) is 33.7 Å². The highest BCUT2D eigenvalue weighted by Crippen LogP contribution is 2.17. The number of amides is 1. The van der Waals surface area contributed by atoms with Gasteiger partial charge in [0.25, 0.3) is 0 Å². The molecule has 0 fully saturated rings. The van der Waals surface area contributed by atoms with Crippen LogP contribution in [0, 0.1) is 5.92 Å². The highest BCUT2D eigenvalue weighted by molar-refractivity contribution is 7.88. The fraction of sp³-hybridized carbons (Fsp3) is 0.700. The quantitative estimate of drug-likeness (QED) is 0.530. The molecule has 16 heavy (non-hydrogen) atoms. The molecule has 0 saturated heterocycles. The fourth-order valence-corrected chi connectivity index (χ4v) is 2.07. The molecule has 0 aromatic carbocycles. The number of carbonyl (C=O) groups excluding carboxylic acids is 1. The molecular weight excluding hydrogens is 228 g/mol. The van der Waals surface area contributed by atoms with Crippen LogP contribution in [0.2, 0.25) is 0 Å². The Hall–Kier alpha value is -0.880. The van der Waals surface area contributed by atoms with E-state index in [1.807, 2.05) is 6.08 Å². The Labute approximate surface area is 96.4 Å². The summed E-state index contributed by atoms with van der Waals surface area (Å²) in [4.78, 5) is 11.6. The Morgan fingerprint density at radius 1 is 1.38 bits per heavy atom. The standard InChI is InChI=1S/C10H18N2O3S/c1-16(14,15)12-8-7-11-10(13)9-5-3-2-4-6-9/h2-3,9,12H,4-8H2,1H3,(H,11,13). The molecule has 1 amide bonds. The fourth-order valence-electron chi connectivity index (χ4n) is 1.60. The summed E-state index contributed by atoms with van der Waals surface area (Å²) in [5, 5.41) is 2.73. The Kier molecular flexibility index (Phi) is 4.95. The lowest BCUT2D eigenvalue weighted by Crippen LogP contribution is -2.37. The van der Waals surface area contributed by atoms with E-state index in [0.29, 0.717) is 6.54 Å². The highest BCUT2D eigenvalue weighted by atomic mass is 32.2. The third-order valence-corrected chi connectivity index (χ3v) is 3.16. The van der Waals surface area contributed by atoms with Gasteiger partial charge < -0.3 is 5.32 Å². The molecule has 1 aliphatic carbocycles. The van der Waals surface area contributed by atoms with E-state index < -0.39 is 10.0 Å². The van der Waals surface area contributed by atoms with Gasteiger partial charge in [0, 0.05) is 19.0 Å². The average molecular weight is 246 g/mol. The van der Waals surface area contributed by atoms with Crippen molar-refractivity contribution < 1.29 is 13.2 Å². The van der Waals surface area contributed by atoms with Crippen LogP contribution in [0.25, 0.3) is 0 Å². The molecule has 92 valence electrons. The Morgan fingerprint density at radius 3 is 2.69 bits per heavy atom. The zero-order valence-corrected chi connectivity index (χ0v) is 10.2. The van der Waals surface area contributed by atoms with E-state index in [0.717, 1.165) is 25.5 Å². The molecule has 1 atom stereocenters. The van der Waals surface area contributed by atoms with E-state index >= 15 is 0 Å². The van der Waals surface area contributed by atoms with E-state index in [-0.39, 0.29) is 18.4 Å². The lowest BCUT2D eigenvalue weighted by atomic mass is 9.94. The molecule has 1 unspecified atom stereocenters. The van der Waals surface area contributed by atoms with E-state index in [9.17, 15) is 13.2 Å². The predicted molar refractivity (Wildman–Crippen MR) is 62.3 cm³/mol. The summed E-state index contributed by atoms with van der Waals surface area (Å²) in [6.45, 7) is 0.583. The molecule has 6 heteroatoms. The van der Waals surface area contributed by atoms with Crippen molar-refractivity contribution in [2.24, 2.45) is 5.92 Å². The lowest BCUT2D eigenvalue weighted by Gasteiger charge is -2.17. The van der Waals surface area contributed by atoms with Crippen molar-refractivity contribution in [3.8, 4) is 0 Å². The summed E-state index contributed by atoms with van der Waals surface area (Å²) in [5.74, 6) is 0.0582. The summed E-state index contributed by atoms with van der Waals surface area (Å²) in [6.07, 6.45) is 7.80. The van der Waals surface area contributed by atoms with Gasteiger partial charge in [0.15, 0.2) is 0 Å². The lowest BCUT2D eigenvalue weighted by molar-refractivity contribution is -0.125. The molecule has 0 saturated carbocycles. The van der Waals surface area contributed by atoms with Crippen molar-refractivity contribution in [3.63, 3.8) is 0 Å². The average Bonchev–Trinajstić information content (AvgIpc) is 2.24. The van der Waals surface area contributed by atoms with Gasteiger partial charge in [0.2, 0.25) is 15.9 Å². The first kappa shape index (κ1) is 13.2. The molecule has 5 nitrogen and oxygen atoms in total. The minimum atomic E-state index is -3.16. The summed E-state index contributed by atoms with van der Waals surface area (Å²) in [6, 6.07) is 0. The second-order valence-electron chi connectivity index (χ2n) is 3.94. The normalized spacial score (nSPS) is 20.7. The SMILES string of the molecule is CS(=O)(=O)NCCNC(=O)C1CC=CCC1. The van der Waals surface area contributed by atoms with Crippen LogP contribution < -0.4 is 10.0 Å². The number of hydrogen-bond donors (Lipinski definition) is 2. The Bertz CT molecular complexity index is 362. The number of allylic oxidation sites excluding steroid dienone is 2. The van der Waals surface area contributed by atoms with Gasteiger partial charge in [0.05, 0.1) is 6.26 Å². The van der Waals surface area contributed by atoms with E-state index in [1.165, 1.54) is 0 Å². The smallest absolute Gasteiger partial charge is 0.223 e. The number of rotatable bonds is 5. The van der Waals surface area contributed by atoms with Crippen LogP contribution in [0.15, 0.2) is 12.2 Å². The molecule has 1 rings (SSSR count). The van der Waals surface area contributed by atoms with Crippen molar-refractivity contribution in [3.05, 3.63) is 12.2 Å². The third-order valence-electron chi connectivity index (χ3n) is 2.43. The van der Waals surface area contributed by atoms with E-state index in [2.05, 4.69) is 16.1 Å². The molecule has 0 aliphatic heterocycles. The largest absolute Gasteiger partial charge is 0.355 e. The molecule has 0 aromatic rings. The maximum absolute atomic E-state index is 11.6. The Morgan fingerprint density at radius 2 is 2.12 bits per heavy atom. The molecule has 2 N–H and O–H groups in total. The van der Waals surface area contributed by atoms with Crippen molar-refractivity contribution in [2.45, 2.75) is 19.3 Å². The van der Waals surface area contributed by atoms with Gasteiger partial charge in [0.1, 0.15) is 0 Å². The summed E-state index contributed by atoms with van der Waals surface area (Å²) < 4.78 is 23.8.